The van der Waals surface area contributed by atoms with Crippen LogP contribution in [0.1, 0.15) is 15.9 Å². The van der Waals surface area contributed by atoms with Crippen LogP contribution in [-0.2, 0) is 4.79 Å². The molecule has 24 heavy (non-hydrogen) atoms. The largest absolute Gasteiger partial charge is 0.546 e. The third-order valence-electron chi connectivity index (χ3n) is 3.10. The fraction of sp³-hybridized carbons (Fsp3) is 0.111. The maximum Gasteiger partial charge on any atom is 0.185 e. The van der Waals surface area contributed by atoms with E-state index in [-0.39, 0.29) is 5.78 Å². The van der Waals surface area contributed by atoms with E-state index in [2.05, 4.69) is 15.9 Å². The highest BCUT2D eigenvalue weighted by Gasteiger charge is 2.05. The Morgan fingerprint density at radius 1 is 1.17 bits per heavy atom. The zero-order valence-corrected chi connectivity index (χ0v) is 14.4. The molecule has 0 heterocycles. The van der Waals surface area contributed by atoms with Crippen molar-refractivity contribution in [1.29, 1.82) is 0 Å². The Morgan fingerprint density at radius 3 is 2.50 bits per heavy atom. The van der Waals surface area contributed by atoms with E-state index in [0.717, 1.165) is 10.0 Å². The van der Waals surface area contributed by atoms with Gasteiger partial charge in [-0.2, -0.15) is 0 Å². The molecule has 0 saturated heterocycles. The van der Waals surface area contributed by atoms with Gasteiger partial charge in [-0.3, -0.25) is 4.79 Å². The quantitative estimate of drug-likeness (QED) is 0.537. The molecule has 0 aliphatic rings. The van der Waals surface area contributed by atoms with Gasteiger partial charge in [0.2, 0.25) is 0 Å². The summed E-state index contributed by atoms with van der Waals surface area (Å²) in [6, 6.07) is 11.7. The molecular weight excluding hydrogens is 376 g/mol. The van der Waals surface area contributed by atoms with E-state index < -0.39 is 12.6 Å². The summed E-state index contributed by atoms with van der Waals surface area (Å²) in [4.78, 5) is 22.5. The van der Waals surface area contributed by atoms with Crippen molar-refractivity contribution in [2.24, 2.45) is 0 Å². The van der Waals surface area contributed by atoms with Gasteiger partial charge in [-0.25, -0.2) is 0 Å². The van der Waals surface area contributed by atoms with Crippen molar-refractivity contribution in [2.45, 2.75) is 0 Å². The van der Waals surface area contributed by atoms with E-state index in [1.54, 1.807) is 31.4 Å². The molecule has 5 nitrogen and oxygen atoms in total. The lowest BCUT2D eigenvalue weighted by molar-refractivity contribution is -0.307. The normalized spacial score (nSPS) is 10.6. The maximum atomic E-state index is 12.2. The number of ketones is 1. The molecule has 0 aliphatic carbocycles. The molecule has 0 N–H and O–H groups in total. The van der Waals surface area contributed by atoms with Gasteiger partial charge >= 0.3 is 0 Å². The number of carboxylic acids is 1. The molecule has 0 amide bonds. The van der Waals surface area contributed by atoms with E-state index in [1.807, 2.05) is 12.1 Å². The third kappa shape index (κ3) is 4.96. The van der Waals surface area contributed by atoms with Gasteiger partial charge in [0.15, 0.2) is 5.78 Å². The molecule has 2 aromatic rings. The summed E-state index contributed by atoms with van der Waals surface area (Å²) in [5, 5.41) is 10.3. The summed E-state index contributed by atoms with van der Waals surface area (Å²) in [5.74, 6) is -0.480. The molecule has 0 aliphatic heterocycles. The minimum absolute atomic E-state index is 0.191. The number of ether oxygens (including phenoxy) is 2. The van der Waals surface area contributed by atoms with Gasteiger partial charge < -0.3 is 19.4 Å². The topological polar surface area (TPSA) is 75.7 Å². The number of halogens is 1. The summed E-state index contributed by atoms with van der Waals surface area (Å²) >= 11 is 3.38. The van der Waals surface area contributed by atoms with E-state index in [9.17, 15) is 14.7 Å². The molecule has 0 saturated carbocycles. The van der Waals surface area contributed by atoms with Crippen molar-refractivity contribution >= 4 is 33.8 Å². The van der Waals surface area contributed by atoms with Crippen LogP contribution < -0.4 is 14.6 Å². The number of carbonyl (C=O) groups is 2. The highest BCUT2D eigenvalue weighted by molar-refractivity contribution is 9.10. The third-order valence-corrected chi connectivity index (χ3v) is 3.59. The summed E-state index contributed by atoms with van der Waals surface area (Å²) in [6.45, 7) is -0.532. The number of carbonyl (C=O) groups excluding carboxylic acids is 2. The number of methoxy groups -OCH3 is 1. The number of aliphatic carboxylic acids is 1. The zero-order chi connectivity index (χ0) is 17.5. The van der Waals surface area contributed by atoms with Crippen LogP contribution in [0.15, 0.2) is 53.0 Å². The van der Waals surface area contributed by atoms with Gasteiger partial charge in [0.05, 0.1) is 13.1 Å². The smallest absolute Gasteiger partial charge is 0.185 e. The van der Waals surface area contributed by atoms with E-state index in [4.69, 9.17) is 9.47 Å². The summed E-state index contributed by atoms with van der Waals surface area (Å²) in [5.41, 5.74) is 1.23. The minimum atomic E-state index is -1.30. The van der Waals surface area contributed by atoms with Crippen LogP contribution in [0.25, 0.3) is 6.08 Å². The number of allylic oxidation sites excluding steroid dienone is 1. The van der Waals surface area contributed by atoms with Crippen LogP contribution in [0.4, 0.5) is 0 Å². The standard InChI is InChI=1S/C18H15BrO5/c1-23-17-9-5-14(19)10-13(17)4-8-16(20)12-2-6-15(7-3-12)24-11-18(21)22/h2-10H,11H2,1H3,(H,21,22)/p-1/b8-4+. The molecule has 6 heteroatoms. The fourth-order valence-electron chi connectivity index (χ4n) is 1.95. The molecule has 0 aromatic heterocycles. The van der Waals surface area contributed by atoms with Crippen LogP contribution in [0, 0.1) is 0 Å². The average Bonchev–Trinajstić information content (AvgIpc) is 2.58. The fourth-order valence-corrected chi connectivity index (χ4v) is 2.33. The van der Waals surface area contributed by atoms with Crippen molar-refractivity contribution in [1.82, 2.24) is 0 Å². The molecule has 0 radical (unpaired) electrons. The van der Waals surface area contributed by atoms with Crippen LogP contribution in [0.3, 0.4) is 0 Å². The molecular formula is C18H14BrO5-. The molecule has 0 fully saturated rings. The number of carboxylic acid groups (broad SMARTS) is 1. The number of hydrogen-bond acceptors (Lipinski definition) is 5. The lowest BCUT2D eigenvalue weighted by Crippen LogP contribution is -2.28. The lowest BCUT2D eigenvalue weighted by Gasteiger charge is -2.07. The predicted octanol–water partition coefficient (Wildman–Crippen LogP) is 2.48. The highest BCUT2D eigenvalue weighted by atomic mass is 79.9. The molecule has 124 valence electrons. The molecule has 0 spiro atoms. The summed E-state index contributed by atoms with van der Waals surface area (Å²) < 4.78 is 11.1. The van der Waals surface area contributed by atoms with Gasteiger partial charge in [-0.15, -0.1) is 0 Å². The van der Waals surface area contributed by atoms with E-state index in [0.29, 0.717) is 17.1 Å². The Hall–Kier alpha value is -2.60. The maximum absolute atomic E-state index is 12.2. The second-order valence-corrected chi connectivity index (χ2v) is 5.68. The van der Waals surface area contributed by atoms with Crippen molar-refractivity contribution in [3.8, 4) is 11.5 Å². The van der Waals surface area contributed by atoms with E-state index in [1.165, 1.54) is 18.2 Å². The first-order valence-electron chi connectivity index (χ1n) is 6.98. The Balaban J connectivity index is 2.09. The number of hydrogen-bond donors (Lipinski definition) is 0. The zero-order valence-electron chi connectivity index (χ0n) is 12.8. The predicted molar refractivity (Wildman–Crippen MR) is 91.0 cm³/mol. The molecule has 0 atom stereocenters. The van der Waals surface area contributed by atoms with Crippen LogP contribution >= 0.6 is 15.9 Å². The first-order chi connectivity index (χ1) is 11.5. The Kier molecular flexibility index (Phi) is 6.14. The van der Waals surface area contributed by atoms with Gasteiger partial charge in [-0.05, 0) is 54.6 Å². The van der Waals surface area contributed by atoms with Crippen molar-refractivity contribution in [2.75, 3.05) is 13.7 Å². The van der Waals surface area contributed by atoms with Crippen molar-refractivity contribution in [3.63, 3.8) is 0 Å². The Labute approximate surface area is 147 Å². The Morgan fingerprint density at radius 2 is 1.88 bits per heavy atom. The molecule has 2 aromatic carbocycles. The molecule has 0 unspecified atom stereocenters. The first-order valence-corrected chi connectivity index (χ1v) is 7.77. The van der Waals surface area contributed by atoms with Gasteiger partial charge in [-0.1, -0.05) is 15.9 Å². The van der Waals surface area contributed by atoms with Gasteiger partial charge in [0.25, 0.3) is 0 Å². The lowest BCUT2D eigenvalue weighted by atomic mass is 10.1. The van der Waals surface area contributed by atoms with E-state index >= 15 is 0 Å². The SMILES string of the molecule is COc1ccc(Br)cc1/C=C/C(=O)c1ccc(OCC(=O)[O-])cc1. The summed E-state index contributed by atoms with van der Waals surface area (Å²) in [7, 11) is 1.56. The van der Waals surface area contributed by atoms with Crippen molar-refractivity contribution < 1.29 is 24.2 Å². The van der Waals surface area contributed by atoms with Crippen molar-refractivity contribution in [3.05, 3.63) is 64.1 Å². The first kappa shape index (κ1) is 17.7. The highest BCUT2D eigenvalue weighted by Crippen LogP contribution is 2.24. The molecule has 2 rings (SSSR count). The monoisotopic (exact) mass is 389 g/mol. The minimum Gasteiger partial charge on any atom is -0.546 e. The second-order valence-electron chi connectivity index (χ2n) is 4.77. The Bertz CT molecular complexity index is 765. The average molecular weight is 390 g/mol. The second kappa shape index (κ2) is 8.31. The van der Waals surface area contributed by atoms with Gasteiger partial charge in [0.1, 0.15) is 18.1 Å². The molecule has 0 bridgehead atoms. The van der Waals surface area contributed by atoms with Crippen LogP contribution in [0.2, 0.25) is 0 Å². The van der Waals surface area contributed by atoms with Crippen LogP contribution in [-0.4, -0.2) is 25.5 Å². The number of rotatable bonds is 7. The number of benzene rings is 2. The summed E-state index contributed by atoms with van der Waals surface area (Å²) in [6.07, 6.45) is 3.12. The van der Waals surface area contributed by atoms with Crippen LogP contribution in [0.5, 0.6) is 11.5 Å². The van der Waals surface area contributed by atoms with Gasteiger partial charge in [0, 0.05) is 15.6 Å².